The van der Waals surface area contributed by atoms with E-state index in [9.17, 15) is 0 Å². The first-order valence-electron chi connectivity index (χ1n) is 5.42. The SMILES string of the molecule is Cc1nc(CC(NN)c2ccc(Br)c(Cl)c2)cs1. The number of benzene rings is 1. The van der Waals surface area contributed by atoms with E-state index >= 15 is 0 Å². The van der Waals surface area contributed by atoms with Crippen molar-refractivity contribution < 1.29 is 0 Å². The molecule has 0 spiro atoms. The van der Waals surface area contributed by atoms with E-state index in [4.69, 9.17) is 17.4 Å². The summed E-state index contributed by atoms with van der Waals surface area (Å²) in [6.45, 7) is 2.00. The minimum absolute atomic E-state index is 0.0112. The number of hydrogen-bond acceptors (Lipinski definition) is 4. The molecule has 6 heteroatoms. The summed E-state index contributed by atoms with van der Waals surface area (Å²) in [6, 6.07) is 5.85. The molecule has 1 unspecified atom stereocenters. The van der Waals surface area contributed by atoms with Crippen molar-refractivity contribution in [2.24, 2.45) is 5.84 Å². The number of aromatic nitrogens is 1. The highest BCUT2D eigenvalue weighted by molar-refractivity contribution is 9.10. The zero-order valence-electron chi connectivity index (χ0n) is 9.78. The van der Waals surface area contributed by atoms with Gasteiger partial charge in [-0.15, -0.1) is 11.3 Å². The largest absolute Gasteiger partial charge is 0.271 e. The van der Waals surface area contributed by atoms with Crippen molar-refractivity contribution >= 4 is 38.9 Å². The van der Waals surface area contributed by atoms with Crippen LogP contribution in [0.3, 0.4) is 0 Å². The fourth-order valence-electron chi connectivity index (χ4n) is 1.71. The summed E-state index contributed by atoms with van der Waals surface area (Å²) in [5.41, 5.74) is 4.91. The highest BCUT2D eigenvalue weighted by Gasteiger charge is 2.13. The Kier molecular flexibility index (Phi) is 4.75. The lowest BCUT2D eigenvalue weighted by Crippen LogP contribution is -2.29. The van der Waals surface area contributed by atoms with Crippen molar-refractivity contribution in [1.82, 2.24) is 10.4 Å². The Morgan fingerprint density at radius 1 is 1.56 bits per heavy atom. The molecule has 18 heavy (non-hydrogen) atoms. The minimum Gasteiger partial charge on any atom is -0.271 e. The van der Waals surface area contributed by atoms with E-state index < -0.39 is 0 Å². The predicted octanol–water partition coefficient (Wildman–Crippen LogP) is 3.61. The molecule has 1 heterocycles. The molecule has 0 aliphatic rings. The Morgan fingerprint density at radius 2 is 2.33 bits per heavy atom. The van der Waals surface area contributed by atoms with Crippen LogP contribution in [0.1, 0.15) is 22.3 Å². The number of hydrogen-bond donors (Lipinski definition) is 2. The summed E-state index contributed by atoms with van der Waals surface area (Å²) in [5.74, 6) is 5.62. The fourth-order valence-corrected chi connectivity index (χ4v) is 2.77. The van der Waals surface area contributed by atoms with Crippen LogP contribution in [0.15, 0.2) is 28.1 Å². The van der Waals surface area contributed by atoms with Gasteiger partial charge in [0.1, 0.15) is 0 Å². The van der Waals surface area contributed by atoms with Crippen molar-refractivity contribution in [2.45, 2.75) is 19.4 Å². The van der Waals surface area contributed by atoms with Crippen molar-refractivity contribution in [3.05, 3.63) is 49.3 Å². The molecule has 1 atom stereocenters. The first-order chi connectivity index (χ1) is 8.60. The van der Waals surface area contributed by atoms with E-state index in [2.05, 4.69) is 31.7 Å². The van der Waals surface area contributed by atoms with Crippen molar-refractivity contribution in [3.8, 4) is 0 Å². The third-order valence-electron chi connectivity index (χ3n) is 2.63. The number of nitrogens with one attached hydrogen (secondary N) is 1. The first kappa shape index (κ1) is 14.0. The molecular weight excluding hydrogens is 334 g/mol. The molecule has 0 radical (unpaired) electrons. The fraction of sp³-hybridized carbons (Fsp3) is 0.250. The van der Waals surface area contributed by atoms with Crippen LogP contribution in [0.5, 0.6) is 0 Å². The topological polar surface area (TPSA) is 50.9 Å². The van der Waals surface area contributed by atoms with E-state index in [0.29, 0.717) is 5.02 Å². The van der Waals surface area contributed by atoms with Crippen LogP contribution in [-0.4, -0.2) is 4.98 Å². The highest BCUT2D eigenvalue weighted by atomic mass is 79.9. The Morgan fingerprint density at radius 3 is 2.89 bits per heavy atom. The summed E-state index contributed by atoms with van der Waals surface area (Å²) in [5, 5.41) is 3.80. The molecule has 2 aromatic rings. The maximum Gasteiger partial charge on any atom is 0.0897 e. The molecule has 0 bridgehead atoms. The van der Waals surface area contributed by atoms with Crippen LogP contribution in [-0.2, 0) is 6.42 Å². The zero-order chi connectivity index (χ0) is 13.1. The first-order valence-corrected chi connectivity index (χ1v) is 7.47. The van der Waals surface area contributed by atoms with Gasteiger partial charge in [0.2, 0.25) is 0 Å². The van der Waals surface area contributed by atoms with Crippen LogP contribution in [0.4, 0.5) is 0 Å². The summed E-state index contributed by atoms with van der Waals surface area (Å²) in [6.07, 6.45) is 0.749. The van der Waals surface area contributed by atoms with Gasteiger partial charge in [0, 0.05) is 16.3 Å². The Labute approximate surface area is 123 Å². The molecule has 0 saturated carbocycles. The van der Waals surface area contributed by atoms with Gasteiger partial charge in [-0.25, -0.2) is 4.98 Å². The van der Waals surface area contributed by atoms with Gasteiger partial charge in [-0.3, -0.25) is 11.3 Å². The van der Waals surface area contributed by atoms with E-state index in [1.807, 2.05) is 25.1 Å². The van der Waals surface area contributed by atoms with E-state index in [-0.39, 0.29) is 6.04 Å². The molecule has 2 rings (SSSR count). The van der Waals surface area contributed by atoms with Gasteiger partial charge in [-0.05, 0) is 40.5 Å². The maximum absolute atomic E-state index is 6.09. The highest BCUT2D eigenvalue weighted by Crippen LogP contribution is 2.27. The van der Waals surface area contributed by atoms with Crippen LogP contribution in [0.2, 0.25) is 5.02 Å². The zero-order valence-corrected chi connectivity index (χ0v) is 12.9. The Hall–Kier alpha value is -0.460. The van der Waals surface area contributed by atoms with Crippen LogP contribution in [0, 0.1) is 6.92 Å². The van der Waals surface area contributed by atoms with Gasteiger partial charge in [0.25, 0.3) is 0 Å². The summed E-state index contributed by atoms with van der Waals surface area (Å²) in [7, 11) is 0. The van der Waals surface area contributed by atoms with Crippen molar-refractivity contribution in [3.63, 3.8) is 0 Å². The lowest BCUT2D eigenvalue weighted by Gasteiger charge is -2.15. The molecule has 3 nitrogen and oxygen atoms in total. The Balaban J connectivity index is 2.19. The molecule has 1 aromatic heterocycles. The normalized spacial score (nSPS) is 12.7. The number of nitrogens with two attached hydrogens (primary N) is 1. The summed E-state index contributed by atoms with van der Waals surface area (Å²) < 4.78 is 0.883. The molecule has 0 aliphatic heterocycles. The second-order valence-electron chi connectivity index (χ2n) is 3.95. The number of nitrogens with zero attached hydrogens (tertiary/aromatic N) is 1. The molecule has 0 amide bonds. The molecular formula is C12H13BrClN3S. The van der Waals surface area contributed by atoms with Crippen LogP contribution in [0.25, 0.3) is 0 Å². The molecule has 0 saturated heterocycles. The quantitative estimate of drug-likeness (QED) is 0.657. The van der Waals surface area contributed by atoms with E-state index in [1.54, 1.807) is 11.3 Å². The lowest BCUT2D eigenvalue weighted by molar-refractivity contribution is 0.547. The van der Waals surface area contributed by atoms with Crippen molar-refractivity contribution in [1.29, 1.82) is 0 Å². The second kappa shape index (κ2) is 6.12. The van der Waals surface area contributed by atoms with Gasteiger partial charge < -0.3 is 0 Å². The number of rotatable bonds is 4. The summed E-state index contributed by atoms with van der Waals surface area (Å²) >= 11 is 11.1. The third-order valence-corrected chi connectivity index (χ3v) is 4.68. The summed E-state index contributed by atoms with van der Waals surface area (Å²) in [4.78, 5) is 4.44. The number of halogens is 2. The second-order valence-corrected chi connectivity index (χ2v) is 6.28. The number of aryl methyl sites for hydroxylation is 1. The molecule has 96 valence electrons. The number of hydrazine groups is 1. The smallest absolute Gasteiger partial charge is 0.0897 e. The third kappa shape index (κ3) is 3.30. The standard InChI is InChI=1S/C12H13BrClN3S/c1-7-16-9(6-18-7)5-12(17-15)8-2-3-10(13)11(14)4-8/h2-4,6,12,17H,5,15H2,1H3. The average molecular weight is 347 g/mol. The molecule has 0 fully saturated rings. The van der Waals surface area contributed by atoms with Gasteiger partial charge >= 0.3 is 0 Å². The number of thiazole rings is 1. The molecule has 0 aliphatic carbocycles. The van der Waals surface area contributed by atoms with Crippen molar-refractivity contribution in [2.75, 3.05) is 0 Å². The minimum atomic E-state index is 0.0112. The maximum atomic E-state index is 6.09. The molecule has 1 aromatic carbocycles. The van der Waals surface area contributed by atoms with Gasteiger partial charge in [0.15, 0.2) is 0 Å². The van der Waals surface area contributed by atoms with Crippen LogP contribution < -0.4 is 11.3 Å². The van der Waals surface area contributed by atoms with Gasteiger partial charge in [0.05, 0.1) is 21.8 Å². The van der Waals surface area contributed by atoms with Crippen LogP contribution >= 0.6 is 38.9 Å². The average Bonchev–Trinajstić information content (AvgIpc) is 2.75. The van der Waals surface area contributed by atoms with Gasteiger partial charge in [-0.2, -0.15) is 0 Å². The predicted molar refractivity (Wildman–Crippen MR) is 79.8 cm³/mol. The van der Waals surface area contributed by atoms with E-state index in [0.717, 1.165) is 27.2 Å². The molecule has 3 N–H and O–H groups in total. The Bertz CT molecular complexity index is 544. The van der Waals surface area contributed by atoms with Gasteiger partial charge in [-0.1, -0.05) is 17.7 Å². The monoisotopic (exact) mass is 345 g/mol. The van der Waals surface area contributed by atoms with E-state index in [1.165, 1.54) is 0 Å². The lowest BCUT2D eigenvalue weighted by atomic mass is 10.0.